The van der Waals surface area contributed by atoms with Gasteiger partial charge in [-0.2, -0.15) is 0 Å². The highest BCUT2D eigenvalue weighted by molar-refractivity contribution is 5.96. The van der Waals surface area contributed by atoms with Crippen LogP contribution in [0.5, 0.6) is 5.75 Å². The molecule has 1 saturated heterocycles. The van der Waals surface area contributed by atoms with E-state index in [1.807, 2.05) is 6.07 Å². The zero-order valence-corrected chi connectivity index (χ0v) is 18.0. The molecular formula is C25H24N2O6. The van der Waals surface area contributed by atoms with E-state index in [4.69, 9.17) is 19.6 Å². The van der Waals surface area contributed by atoms with E-state index in [-0.39, 0.29) is 12.3 Å². The minimum absolute atomic E-state index is 0.00157. The van der Waals surface area contributed by atoms with Crippen LogP contribution in [-0.4, -0.2) is 48.5 Å². The van der Waals surface area contributed by atoms with E-state index in [2.05, 4.69) is 11.8 Å². The molecule has 33 heavy (non-hydrogen) atoms. The Morgan fingerprint density at radius 2 is 1.88 bits per heavy atom. The van der Waals surface area contributed by atoms with E-state index in [0.717, 1.165) is 26.1 Å². The Bertz CT molecular complexity index is 1200. The first kappa shape index (κ1) is 22.4. The van der Waals surface area contributed by atoms with Crippen LogP contribution in [0.4, 0.5) is 0 Å². The average Bonchev–Trinajstić information content (AvgIpc) is 3.26. The van der Waals surface area contributed by atoms with Gasteiger partial charge in [0.05, 0.1) is 6.61 Å². The summed E-state index contributed by atoms with van der Waals surface area (Å²) in [5.41, 5.74) is 6.72. The summed E-state index contributed by atoms with van der Waals surface area (Å²) in [6, 6.07) is 13.3. The number of nitrogens with zero attached hydrogens (tertiary/aromatic N) is 1. The number of rotatable bonds is 6. The second-order valence-electron chi connectivity index (χ2n) is 7.78. The van der Waals surface area contributed by atoms with E-state index in [0.29, 0.717) is 45.4 Å². The Morgan fingerprint density at radius 1 is 1.12 bits per heavy atom. The van der Waals surface area contributed by atoms with Crippen LogP contribution in [0.1, 0.15) is 39.3 Å². The van der Waals surface area contributed by atoms with Gasteiger partial charge in [0, 0.05) is 29.7 Å². The second-order valence-corrected chi connectivity index (χ2v) is 7.78. The molecule has 1 aliphatic heterocycles. The van der Waals surface area contributed by atoms with Crippen molar-refractivity contribution < 1.29 is 28.7 Å². The lowest BCUT2D eigenvalue weighted by molar-refractivity contribution is -0.0498. The molecule has 1 fully saturated rings. The van der Waals surface area contributed by atoms with E-state index >= 15 is 0 Å². The van der Waals surface area contributed by atoms with E-state index in [1.54, 1.807) is 42.5 Å². The van der Waals surface area contributed by atoms with Crippen molar-refractivity contribution in [2.24, 2.45) is 11.7 Å². The maximum atomic E-state index is 12.5. The van der Waals surface area contributed by atoms with Crippen molar-refractivity contribution in [1.82, 2.24) is 5.06 Å². The number of carbonyl (C=O) groups excluding carboxylic acids is 2. The average molecular weight is 448 g/mol. The molecule has 0 atom stereocenters. The lowest BCUT2D eigenvalue weighted by Crippen LogP contribution is -2.27. The fourth-order valence-corrected chi connectivity index (χ4v) is 3.48. The normalized spacial score (nSPS) is 13.8. The van der Waals surface area contributed by atoms with Gasteiger partial charge in [-0.05, 0) is 67.3 Å². The summed E-state index contributed by atoms with van der Waals surface area (Å²) in [6.07, 6.45) is 1.97. The largest absolute Gasteiger partial charge is 0.493 e. The van der Waals surface area contributed by atoms with Gasteiger partial charge in [-0.25, -0.2) is 5.06 Å². The van der Waals surface area contributed by atoms with Crippen LogP contribution in [0.3, 0.4) is 0 Å². The molecule has 0 saturated carbocycles. The Labute approximate surface area is 190 Å². The molecule has 8 heteroatoms. The summed E-state index contributed by atoms with van der Waals surface area (Å²) < 4.78 is 16.9. The summed E-state index contributed by atoms with van der Waals surface area (Å²) in [5, 5.41) is 11.3. The number of amides is 2. The van der Waals surface area contributed by atoms with Crippen LogP contribution in [0, 0.1) is 17.8 Å². The second kappa shape index (κ2) is 10.2. The highest BCUT2D eigenvalue weighted by atomic mass is 16.5. The molecule has 4 rings (SSSR count). The standard InChI is InChI=1S/C25H24N2O6/c26-24(28)19-5-3-17(4-6-19)2-1-11-27(30)25(29)23-15-20-14-21(7-8-22(20)33-23)32-16-18-9-12-31-13-10-18/h3-8,14-15,18,30H,9-13,16H2,(H2,26,28). The molecule has 0 unspecified atom stereocenters. The maximum absolute atomic E-state index is 12.5. The molecule has 1 aromatic heterocycles. The van der Waals surface area contributed by atoms with Gasteiger partial charge < -0.3 is 19.6 Å². The first-order valence-electron chi connectivity index (χ1n) is 10.6. The monoisotopic (exact) mass is 448 g/mol. The van der Waals surface area contributed by atoms with Gasteiger partial charge in [-0.1, -0.05) is 11.8 Å². The van der Waals surface area contributed by atoms with E-state index in [9.17, 15) is 14.8 Å². The van der Waals surface area contributed by atoms with Gasteiger partial charge in [0.2, 0.25) is 5.91 Å². The molecule has 0 radical (unpaired) electrons. The molecule has 2 amide bonds. The molecule has 2 aromatic carbocycles. The number of nitrogens with two attached hydrogens (primary N) is 1. The zero-order chi connectivity index (χ0) is 23.2. The van der Waals surface area contributed by atoms with Crippen LogP contribution in [0.25, 0.3) is 11.0 Å². The third-order valence-electron chi connectivity index (χ3n) is 5.39. The number of hydroxylamine groups is 2. The lowest BCUT2D eigenvalue weighted by atomic mass is 10.0. The summed E-state index contributed by atoms with van der Waals surface area (Å²) in [5.74, 6) is 5.47. The molecule has 1 aliphatic rings. The van der Waals surface area contributed by atoms with Crippen LogP contribution in [0.2, 0.25) is 0 Å². The maximum Gasteiger partial charge on any atom is 0.313 e. The SMILES string of the molecule is NC(=O)c1ccc(C#CCN(O)C(=O)c2cc3cc(OCC4CCOCC4)ccc3o2)cc1. The van der Waals surface area contributed by atoms with Gasteiger partial charge in [-0.3, -0.25) is 14.8 Å². The molecule has 3 N–H and O–H groups in total. The molecule has 0 bridgehead atoms. The smallest absolute Gasteiger partial charge is 0.313 e. The van der Waals surface area contributed by atoms with Crippen molar-refractivity contribution in [3.63, 3.8) is 0 Å². The number of furan rings is 1. The van der Waals surface area contributed by atoms with Crippen molar-refractivity contribution >= 4 is 22.8 Å². The van der Waals surface area contributed by atoms with Crippen molar-refractivity contribution in [1.29, 1.82) is 0 Å². The zero-order valence-electron chi connectivity index (χ0n) is 18.0. The Kier molecular flexibility index (Phi) is 6.93. The molecular weight excluding hydrogens is 424 g/mol. The van der Waals surface area contributed by atoms with Gasteiger partial charge in [0.15, 0.2) is 5.76 Å². The highest BCUT2D eigenvalue weighted by Crippen LogP contribution is 2.26. The van der Waals surface area contributed by atoms with Crippen LogP contribution >= 0.6 is 0 Å². The summed E-state index contributed by atoms with van der Waals surface area (Å²) in [7, 11) is 0. The van der Waals surface area contributed by atoms with Crippen molar-refractivity contribution in [2.75, 3.05) is 26.4 Å². The highest BCUT2D eigenvalue weighted by Gasteiger charge is 2.19. The number of hydrogen-bond donors (Lipinski definition) is 2. The number of ether oxygens (including phenoxy) is 2. The minimum Gasteiger partial charge on any atom is -0.493 e. The summed E-state index contributed by atoms with van der Waals surface area (Å²) >= 11 is 0. The molecule has 0 aliphatic carbocycles. The van der Waals surface area contributed by atoms with E-state index < -0.39 is 11.8 Å². The third kappa shape index (κ3) is 5.71. The summed E-state index contributed by atoms with van der Waals surface area (Å²) in [4.78, 5) is 23.6. The Balaban J connectivity index is 1.36. The van der Waals surface area contributed by atoms with Gasteiger partial charge in [-0.15, -0.1) is 0 Å². The first-order chi connectivity index (χ1) is 16.0. The number of primary amides is 1. The van der Waals surface area contributed by atoms with Crippen LogP contribution in [-0.2, 0) is 4.74 Å². The first-order valence-corrected chi connectivity index (χ1v) is 10.6. The predicted molar refractivity (Wildman–Crippen MR) is 120 cm³/mol. The molecule has 8 nitrogen and oxygen atoms in total. The molecule has 3 aromatic rings. The van der Waals surface area contributed by atoms with Crippen molar-refractivity contribution in [3.05, 3.63) is 65.4 Å². The minimum atomic E-state index is -0.700. The number of benzene rings is 2. The Morgan fingerprint density at radius 3 is 2.61 bits per heavy atom. The number of carbonyl (C=O) groups is 2. The van der Waals surface area contributed by atoms with Gasteiger partial charge >= 0.3 is 5.91 Å². The molecule has 170 valence electrons. The predicted octanol–water partition coefficient (Wildman–Crippen LogP) is 3.22. The van der Waals surface area contributed by atoms with Crippen LogP contribution < -0.4 is 10.5 Å². The molecule has 0 spiro atoms. The molecule has 2 heterocycles. The van der Waals surface area contributed by atoms with Crippen molar-refractivity contribution in [2.45, 2.75) is 12.8 Å². The van der Waals surface area contributed by atoms with E-state index in [1.165, 1.54) is 0 Å². The Hall–Kier alpha value is -3.80. The third-order valence-corrected chi connectivity index (χ3v) is 5.39. The van der Waals surface area contributed by atoms with Gasteiger partial charge in [0.1, 0.15) is 17.9 Å². The fourth-order valence-electron chi connectivity index (χ4n) is 3.48. The quantitative estimate of drug-likeness (QED) is 0.340. The summed E-state index contributed by atoms with van der Waals surface area (Å²) in [6.45, 7) is 1.94. The van der Waals surface area contributed by atoms with Gasteiger partial charge in [0.25, 0.3) is 0 Å². The topological polar surface area (TPSA) is 115 Å². The lowest BCUT2D eigenvalue weighted by Gasteiger charge is -2.22. The number of hydrogen-bond acceptors (Lipinski definition) is 6. The number of fused-ring (bicyclic) bond motifs is 1. The van der Waals surface area contributed by atoms with Crippen LogP contribution in [0.15, 0.2) is 52.9 Å². The van der Waals surface area contributed by atoms with Crippen molar-refractivity contribution in [3.8, 4) is 17.6 Å². The fraction of sp³-hybridized carbons (Fsp3) is 0.280.